The van der Waals surface area contributed by atoms with Gasteiger partial charge in [0.25, 0.3) is 5.91 Å². The summed E-state index contributed by atoms with van der Waals surface area (Å²) in [6.45, 7) is 6.65. The lowest BCUT2D eigenvalue weighted by Crippen LogP contribution is -2.40. The third kappa shape index (κ3) is 8.24. The highest BCUT2D eigenvalue weighted by Crippen LogP contribution is 2.44. The van der Waals surface area contributed by atoms with Crippen molar-refractivity contribution in [3.8, 4) is 22.9 Å². The largest absolute Gasteiger partial charge is 0.481 e. The van der Waals surface area contributed by atoms with Gasteiger partial charge >= 0.3 is 0 Å². The molecule has 2 aromatic carbocycles. The van der Waals surface area contributed by atoms with Gasteiger partial charge in [0, 0.05) is 56.3 Å². The standard InChI is InChI=1S/C45H49Cl2N7O5/c1-58-42-29(25-54-18-14-45(15-19-54)22-39(56)50-27-45)20-35(46)43(52-42)59-36-10-9-31-30(4-2-5-32(31)36)33-6-3-7-34(40(33)47)41(57)51-37-11-8-28(23-48-37)24-53-16-12-44(13-17-53)21-38(55)49-26-44/h2-8,11,20,23,36H,9-10,12-19,21-22,24-27H2,1H3,(H,49,55)(H,50,56)(H,48,51,57)/t36-/m0/s1. The van der Waals surface area contributed by atoms with E-state index in [4.69, 9.17) is 37.7 Å². The van der Waals surface area contributed by atoms with E-state index in [0.717, 1.165) is 118 Å². The van der Waals surface area contributed by atoms with E-state index in [-0.39, 0.29) is 34.7 Å². The summed E-state index contributed by atoms with van der Waals surface area (Å²) >= 11 is 13.9. The number of hydrogen-bond acceptors (Lipinski definition) is 9. The van der Waals surface area contributed by atoms with Gasteiger partial charge in [-0.3, -0.25) is 24.2 Å². The van der Waals surface area contributed by atoms with Crippen molar-refractivity contribution in [3.63, 3.8) is 0 Å². The fraction of sp³-hybridized carbons (Fsp3) is 0.444. The highest BCUT2D eigenvalue weighted by molar-refractivity contribution is 6.37. The summed E-state index contributed by atoms with van der Waals surface area (Å²) in [6, 6.07) is 17.3. The Balaban J connectivity index is 0.840. The van der Waals surface area contributed by atoms with Crippen molar-refractivity contribution in [1.82, 2.24) is 30.4 Å². The Hall–Kier alpha value is -4.75. The molecule has 0 unspecified atom stereocenters. The molecule has 4 saturated heterocycles. The molecule has 2 aromatic heterocycles. The Morgan fingerprint density at radius 3 is 2.15 bits per heavy atom. The minimum absolute atomic E-state index is 0.0780. The molecular formula is C45H49Cl2N7O5. The molecule has 14 heteroatoms. The molecule has 12 nitrogen and oxygen atoms in total. The molecule has 3 N–H and O–H groups in total. The van der Waals surface area contributed by atoms with E-state index < -0.39 is 0 Å². The second kappa shape index (κ2) is 16.4. The normalized spacial score (nSPS) is 21.0. The first-order chi connectivity index (χ1) is 28.6. The molecule has 1 aliphatic carbocycles. The molecule has 4 aliphatic heterocycles. The van der Waals surface area contributed by atoms with E-state index in [1.807, 2.05) is 42.5 Å². The van der Waals surface area contributed by atoms with Gasteiger partial charge in [0.05, 0.1) is 17.7 Å². The van der Waals surface area contributed by atoms with Crippen molar-refractivity contribution in [2.24, 2.45) is 10.8 Å². The highest BCUT2D eigenvalue weighted by Gasteiger charge is 2.42. The predicted molar refractivity (Wildman–Crippen MR) is 226 cm³/mol. The van der Waals surface area contributed by atoms with Gasteiger partial charge in [-0.2, -0.15) is 4.98 Å². The minimum Gasteiger partial charge on any atom is -0.481 e. The monoisotopic (exact) mass is 837 g/mol. The number of likely N-dealkylation sites (tertiary alicyclic amines) is 2. The number of carbonyl (C=O) groups is 3. The number of pyridine rings is 2. The van der Waals surface area contributed by atoms with Crippen LogP contribution in [-0.2, 0) is 29.1 Å². The van der Waals surface area contributed by atoms with Crippen molar-refractivity contribution >= 4 is 46.7 Å². The zero-order valence-electron chi connectivity index (χ0n) is 33.3. The van der Waals surface area contributed by atoms with Crippen LogP contribution in [0.2, 0.25) is 10.0 Å². The molecule has 1 atom stereocenters. The van der Waals surface area contributed by atoms with Gasteiger partial charge in [-0.05, 0) is 116 Å². The number of methoxy groups -OCH3 is 1. The van der Waals surface area contributed by atoms with Crippen molar-refractivity contribution in [2.75, 3.05) is 51.7 Å². The van der Waals surface area contributed by atoms with Crippen LogP contribution < -0.4 is 25.4 Å². The Bertz CT molecular complexity index is 2270. The minimum atomic E-state index is -0.336. The number of hydrogen-bond donors (Lipinski definition) is 3. The average Bonchev–Trinajstić information content (AvgIpc) is 3.94. The number of amides is 3. The Labute approximate surface area is 354 Å². The number of nitrogens with zero attached hydrogens (tertiary/aromatic N) is 4. The molecule has 0 saturated carbocycles. The summed E-state index contributed by atoms with van der Waals surface area (Å²) < 4.78 is 12.3. The second-order valence-electron chi connectivity index (χ2n) is 17.1. The molecule has 0 radical (unpaired) electrons. The number of halogens is 2. The number of piperidine rings is 2. The zero-order valence-corrected chi connectivity index (χ0v) is 34.8. The number of benzene rings is 2. The van der Waals surface area contributed by atoms with E-state index in [9.17, 15) is 14.4 Å². The predicted octanol–water partition coefficient (Wildman–Crippen LogP) is 6.98. The van der Waals surface area contributed by atoms with Crippen LogP contribution in [0.3, 0.4) is 0 Å². The molecule has 59 heavy (non-hydrogen) atoms. The lowest BCUT2D eigenvalue weighted by Gasteiger charge is -2.38. The quantitative estimate of drug-likeness (QED) is 0.155. The molecule has 3 amide bonds. The second-order valence-corrected chi connectivity index (χ2v) is 17.9. The topological polar surface area (TPSA) is 138 Å². The maximum absolute atomic E-state index is 13.6. The summed E-state index contributed by atoms with van der Waals surface area (Å²) in [7, 11) is 1.61. The molecule has 6 heterocycles. The summed E-state index contributed by atoms with van der Waals surface area (Å²) in [5.41, 5.74) is 6.36. The number of aromatic nitrogens is 2. The molecule has 9 rings (SSSR count). The first-order valence-electron chi connectivity index (χ1n) is 20.6. The molecule has 0 bridgehead atoms. The fourth-order valence-corrected chi connectivity index (χ4v) is 10.3. The highest BCUT2D eigenvalue weighted by atomic mass is 35.5. The third-order valence-corrected chi connectivity index (χ3v) is 13.9. The van der Waals surface area contributed by atoms with Gasteiger partial charge in [0.1, 0.15) is 16.9 Å². The van der Waals surface area contributed by atoms with Crippen LogP contribution in [0.1, 0.15) is 83.7 Å². The number of carbonyl (C=O) groups excluding carboxylic acids is 3. The van der Waals surface area contributed by atoms with E-state index in [1.165, 1.54) is 0 Å². The van der Waals surface area contributed by atoms with Crippen molar-refractivity contribution in [2.45, 2.75) is 70.6 Å². The summed E-state index contributed by atoms with van der Waals surface area (Å²) in [5, 5.41) is 9.73. The smallest absolute Gasteiger partial charge is 0.258 e. The fourth-order valence-electron chi connectivity index (χ4n) is 9.76. The first-order valence-corrected chi connectivity index (χ1v) is 21.4. The van der Waals surface area contributed by atoms with Crippen LogP contribution in [0.4, 0.5) is 5.82 Å². The van der Waals surface area contributed by atoms with Gasteiger partial charge in [0.2, 0.25) is 23.6 Å². The maximum Gasteiger partial charge on any atom is 0.258 e. The summed E-state index contributed by atoms with van der Waals surface area (Å²) in [4.78, 5) is 51.3. The lowest BCUT2D eigenvalue weighted by molar-refractivity contribution is -0.120. The van der Waals surface area contributed by atoms with Crippen LogP contribution in [-0.4, -0.2) is 83.9 Å². The number of anilines is 1. The molecule has 5 aliphatic rings. The Kier molecular flexibility index (Phi) is 11.0. The van der Waals surface area contributed by atoms with Crippen LogP contribution in [0.5, 0.6) is 11.8 Å². The van der Waals surface area contributed by atoms with Crippen molar-refractivity contribution in [3.05, 3.63) is 98.7 Å². The Morgan fingerprint density at radius 1 is 0.864 bits per heavy atom. The molecule has 308 valence electrons. The summed E-state index contributed by atoms with van der Waals surface area (Å²) in [5.74, 6) is 1.24. The molecular weight excluding hydrogens is 789 g/mol. The number of ether oxygens (including phenoxy) is 2. The van der Waals surface area contributed by atoms with E-state index in [0.29, 0.717) is 52.6 Å². The van der Waals surface area contributed by atoms with Crippen LogP contribution in [0.15, 0.2) is 60.8 Å². The van der Waals surface area contributed by atoms with E-state index >= 15 is 0 Å². The van der Waals surface area contributed by atoms with Crippen LogP contribution in [0, 0.1) is 10.8 Å². The van der Waals surface area contributed by atoms with Crippen molar-refractivity contribution in [1.29, 1.82) is 0 Å². The van der Waals surface area contributed by atoms with E-state index in [2.05, 4.69) is 36.8 Å². The summed E-state index contributed by atoms with van der Waals surface area (Å²) in [6.07, 6.45) is 8.21. The van der Waals surface area contributed by atoms with E-state index in [1.54, 1.807) is 19.4 Å². The number of nitrogens with one attached hydrogen (secondary N) is 3. The van der Waals surface area contributed by atoms with Gasteiger partial charge in [-0.25, -0.2) is 4.98 Å². The van der Waals surface area contributed by atoms with Gasteiger partial charge in [-0.1, -0.05) is 59.6 Å². The Morgan fingerprint density at radius 2 is 1.53 bits per heavy atom. The number of rotatable bonds is 10. The average molecular weight is 839 g/mol. The first kappa shape index (κ1) is 39.7. The SMILES string of the molecule is COc1nc(O[C@H]2CCc3c(-c4cccc(C(=O)Nc5ccc(CN6CCC7(CC6)CNC(=O)C7)cn5)c4Cl)cccc32)c(Cl)cc1CN1CCC2(CC1)CNC(=O)C2. The zero-order chi connectivity index (χ0) is 40.7. The molecule has 2 spiro atoms. The maximum atomic E-state index is 13.6. The van der Waals surface area contributed by atoms with Crippen LogP contribution >= 0.6 is 23.2 Å². The van der Waals surface area contributed by atoms with Crippen molar-refractivity contribution < 1.29 is 23.9 Å². The van der Waals surface area contributed by atoms with Crippen LogP contribution in [0.25, 0.3) is 11.1 Å². The van der Waals surface area contributed by atoms with Gasteiger partial charge in [-0.15, -0.1) is 0 Å². The molecule has 4 aromatic rings. The molecule has 4 fully saturated rings. The van der Waals surface area contributed by atoms with Gasteiger partial charge < -0.3 is 25.4 Å². The van der Waals surface area contributed by atoms with Gasteiger partial charge in [0.15, 0.2) is 0 Å². The lowest BCUT2D eigenvalue weighted by atomic mass is 9.77. The number of fused-ring (bicyclic) bond motifs is 1. The third-order valence-electron chi connectivity index (χ3n) is 13.3.